The Labute approximate surface area is 349 Å². The summed E-state index contributed by atoms with van der Waals surface area (Å²) in [5.74, 6) is 0. The van der Waals surface area contributed by atoms with Gasteiger partial charge < -0.3 is 13.9 Å². The van der Waals surface area contributed by atoms with Crippen LogP contribution in [0.5, 0.6) is 0 Å². The molecule has 3 heteroatoms. The molecule has 0 bridgehead atoms. The van der Waals surface area contributed by atoms with Crippen LogP contribution in [0.3, 0.4) is 0 Å². The first kappa shape index (κ1) is 34.4. The molecule has 0 unspecified atom stereocenters. The normalized spacial score (nSPS) is 13.0. The molecule has 0 fully saturated rings. The second-order valence-electron chi connectivity index (χ2n) is 16.5. The van der Waals surface area contributed by atoms with Gasteiger partial charge in [-0.3, -0.25) is 0 Å². The van der Waals surface area contributed by atoms with Crippen LogP contribution in [0.1, 0.15) is 25.0 Å². The molecule has 0 atom stereocenters. The minimum Gasteiger partial charge on any atom is -0.456 e. The number of hydrogen-bond acceptors (Lipinski definition) is 2. The maximum absolute atomic E-state index is 6.72. The van der Waals surface area contributed by atoms with Gasteiger partial charge in [-0.05, 0) is 117 Å². The first-order valence-electron chi connectivity index (χ1n) is 20.8. The summed E-state index contributed by atoms with van der Waals surface area (Å²) in [6.45, 7) is 4.73. The standard InChI is InChI=1S/C57H40N2O/c1-57(2)48-22-11-9-19-43(48)45-21-13-25-52(56(45)57)59(42-31-27-38(28-32-42)37-15-5-3-6-16-37)51-24-14-26-54-55(51)47-36-40(30-34-53(47)60-54)39-29-33-50-46(35-39)44-20-10-12-23-49(44)58(50)41-17-7-4-8-18-41/h3-36H,1-2H3. The predicted octanol–water partition coefficient (Wildman–Crippen LogP) is 15.8. The number of nitrogens with zero attached hydrogens (tertiary/aromatic N) is 2. The SMILES string of the molecule is CC1(C)c2ccccc2-c2cccc(N(c3ccc(-c4ccccc4)cc3)c3cccc4oc5ccc(-c6ccc7c(c6)c6ccccc6n7-c6ccccc6)cc5c34)c21. The lowest BCUT2D eigenvalue weighted by molar-refractivity contribution is 0.661. The molecule has 12 rings (SSSR count). The quantitative estimate of drug-likeness (QED) is 0.168. The van der Waals surface area contributed by atoms with Crippen molar-refractivity contribution in [2.45, 2.75) is 19.3 Å². The van der Waals surface area contributed by atoms with Crippen LogP contribution in [0.4, 0.5) is 17.1 Å². The van der Waals surface area contributed by atoms with Crippen molar-refractivity contribution in [2.75, 3.05) is 4.90 Å². The van der Waals surface area contributed by atoms with E-state index in [9.17, 15) is 0 Å². The van der Waals surface area contributed by atoms with Gasteiger partial charge in [-0.15, -0.1) is 0 Å². The van der Waals surface area contributed by atoms with Crippen molar-refractivity contribution in [3.05, 3.63) is 217 Å². The lowest BCUT2D eigenvalue weighted by Crippen LogP contribution is -2.20. The molecule has 1 aliphatic carbocycles. The van der Waals surface area contributed by atoms with E-state index in [1.54, 1.807) is 0 Å². The van der Waals surface area contributed by atoms with Crippen LogP contribution in [0.2, 0.25) is 0 Å². The van der Waals surface area contributed by atoms with E-state index in [-0.39, 0.29) is 5.41 Å². The van der Waals surface area contributed by atoms with Crippen LogP contribution in [0, 0.1) is 0 Å². The maximum Gasteiger partial charge on any atom is 0.137 e. The van der Waals surface area contributed by atoms with E-state index in [0.29, 0.717) is 0 Å². The largest absolute Gasteiger partial charge is 0.456 e. The van der Waals surface area contributed by atoms with E-state index in [4.69, 9.17) is 4.42 Å². The zero-order valence-electron chi connectivity index (χ0n) is 33.4. The van der Waals surface area contributed by atoms with E-state index in [0.717, 1.165) is 44.6 Å². The number of anilines is 3. The number of fused-ring (bicyclic) bond motifs is 9. The van der Waals surface area contributed by atoms with Crippen LogP contribution in [-0.4, -0.2) is 4.57 Å². The fraction of sp³-hybridized carbons (Fsp3) is 0.0526. The van der Waals surface area contributed by atoms with Gasteiger partial charge in [0.15, 0.2) is 0 Å². The first-order valence-corrected chi connectivity index (χ1v) is 20.8. The molecule has 0 N–H and O–H groups in total. The fourth-order valence-corrected chi connectivity index (χ4v) is 10.0. The molecule has 0 aliphatic heterocycles. The third kappa shape index (κ3) is 5.15. The second kappa shape index (κ2) is 13.2. The van der Waals surface area contributed by atoms with Crippen molar-refractivity contribution >= 4 is 60.8 Å². The van der Waals surface area contributed by atoms with Crippen molar-refractivity contribution in [3.63, 3.8) is 0 Å². The average molecular weight is 769 g/mol. The van der Waals surface area contributed by atoms with Crippen LogP contribution in [-0.2, 0) is 5.41 Å². The Morgan fingerprint density at radius 1 is 0.433 bits per heavy atom. The van der Waals surface area contributed by atoms with Gasteiger partial charge in [0.2, 0.25) is 0 Å². The summed E-state index contributed by atoms with van der Waals surface area (Å²) >= 11 is 0. The Morgan fingerprint density at radius 3 is 1.88 bits per heavy atom. The molecule has 2 aromatic heterocycles. The molecule has 11 aromatic rings. The molecule has 9 aromatic carbocycles. The van der Waals surface area contributed by atoms with Crippen molar-refractivity contribution in [3.8, 4) is 39.1 Å². The fourth-order valence-electron chi connectivity index (χ4n) is 10.0. The molecule has 1 aliphatic rings. The summed E-state index contributed by atoms with van der Waals surface area (Å²) in [7, 11) is 0. The summed E-state index contributed by atoms with van der Waals surface area (Å²) < 4.78 is 9.09. The molecule has 284 valence electrons. The minimum absolute atomic E-state index is 0.216. The summed E-state index contributed by atoms with van der Waals surface area (Å²) in [6.07, 6.45) is 0. The van der Waals surface area contributed by atoms with Crippen LogP contribution < -0.4 is 4.90 Å². The number of para-hydroxylation sites is 2. The average Bonchev–Trinajstić information content (AvgIpc) is 3.93. The van der Waals surface area contributed by atoms with Crippen molar-refractivity contribution in [2.24, 2.45) is 0 Å². The number of hydrogen-bond donors (Lipinski definition) is 0. The highest BCUT2D eigenvalue weighted by Gasteiger charge is 2.39. The smallest absolute Gasteiger partial charge is 0.137 e. The third-order valence-electron chi connectivity index (χ3n) is 12.8. The summed E-state index contributed by atoms with van der Waals surface area (Å²) in [5.41, 5.74) is 18.4. The summed E-state index contributed by atoms with van der Waals surface area (Å²) in [5, 5.41) is 4.65. The number of furan rings is 1. The maximum atomic E-state index is 6.72. The second-order valence-corrected chi connectivity index (χ2v) is 16.5. The van der Waals surface area contributed by atoms with Gasteiger partial charge in [0.25, 0.3) is 0 Å². The number of aromatic nitrogens is 1. The Bertz CT molecular complexity index is 3450. The number of rotatable bonds is 6. The van der Waals surface area contributed by atoms with Crippen molar-refractivity contribution < 1.29 is 4.42 Å². The van der Waals surface area contributed by atoms with Gasteiger partial charge in [0, 0.05) is 32.9 Å². The first-order chi connectivity index (χ1) is 29.5. The van der Waals surface area contributed by atoms with E-state index in [2.05, 4.69) is 230 Å². The van der Waals surface area contributed by atoms with Gasteiger partial charge in [-0.1, -0.05) is 147 Å². The molecular weight excluding hydrogens is 729 g/mol. The molecule has 0 saturated heterocycles. The highest BCUT2D eigenvalue weighted by atomic mass is 16.3. The lowest BCUT2D eigenvalue weighted by Gasteiger charge is -2.32. The van der Waals surface area contributed by atoms with E-state index in [1.165, 1.54) is 66.4 Å². The topological polar surface area (TPSA) is 21.3 Å². The molecule has 2 heterocycles. The summed E-state index contributed by atoms with van der Waals surface area (Å²) in [6, 6.07) is 74.8. The number of benzene rings is 9. The van der Waals surface area contributed by atoms with Gasteiger partial charge in [-0.2, -0.15) is 0 Å². The Kier molecular flexibility index (Phi) is 7.58. The van der Waals surface area contributed by atoms with Crippen molar-refractivity contribution in [1.29, 1.82) is 0 Å². The van der Waals surface area contributed by atoms with Crippen molar-refractivity contribution in [1.82, 2.24) is 4.57 Å². The van der Waals surface area contributed by atoms with Gasteiger partial charge in [-0.25, -0.2) is 0 Å². The minimum atomic E-state index is -0.216. The molecule has 0 saturated carbocycles. The predicted molar refractivity (Wildman–Crippen MR) is 251 cm³/mol. The van der Waals surface area contributed by atoms with E-state index in [1.807, 2.05) is 0 Å². The Balaban J connectivity index is 1.07. The monoisotopic (exact) mass is 768 g/mol. The molecule has 0 amide bonds. The zero-order valence-corrected chi connectivity index (χ0v) is 33.4. The lowest BCUT2D eigenvalue weighted by atomic mass is 9.81. The van der Waals surface area contributed by atoms with Gasteiger partial charge in [0.05, 0.1) is 27.8 Å². The van der Waals surface area contributed by atoms with E-state index < -0.39 is 0 Å². The van der Waals surface area contributed by atoms with Crippen LogP contribution in [0.15, 0.2) is 211 Å². The van der Waals surface area contributed by atoms with Gasteiger partial charge in [0.1, 0.15) is 11.2 Å². The molecule has 60 heavy (non-hydrogen) atoms. The highest BCUT2D eigenvalue weighted by Crippen LogP contribution is 2.55. The van der Waals surface area contributed by atoms with Crippen LogP contribution >= 0.6 is 0 Å². The molecular formula is C57H40N2O. The molecule has 0 spiro atoms. The summed E-state index contributed by atoms with van der Waals surface area (Å²) in [4.78, 5) is 2.47. The van der Waals surface area contributed by atoms with E-state index >= 15 is 0 Å². The molecule has 0 radical (unpaired) electrons. The zero-order chi connectivity index (χ0) is 40.0. The Morgan fingerprint density at radius 2 is 1.05 bits per heavy atom. The van der Waals surface area contributed by atoms with Gasteiger partial charge >= 0.3 is 0 Å². The highest BCUT2D eigenvalue weighted by molar-refractivity contribution is 6.15. The Hall–Kier alpha value is -7.62. The molecule has 3 nitrogen and oxygen atoms in total. The van der Waals surface area contributed by atoms with Crippen LogP contribution in [0.25, 0.3) is 82.8 Å². The third-order valence-corrected chi connectivity index (χ3v) is 12.8.